The molecule has 0 saturated carbocycles. The van der Waals surface area contributed by atoms with Gasteiger partial charge >= 0.3 is 0 Å². The number of nitrogens with zero attached hydrogens (tertiary/aromatic N) is 2. The highest BCUT2D eigenvalue weighted by Crippen LogP contribution is 2.37. The molecule has 3 heterocycles. The van der Waals surface area contributed by atoms with Crippen LogP contribution in [0.4, 0.5) is 5.00 Å². The Morgan fingerprint density at radius 2 is 1.67 bits per heavy atom. The van der Waals surface area contributed by atoms with Crippen molar-refractivity contribution >= 4 is 50.6 Å². The van der Waals surface area contributed by atoms with Gasteiger partial charge in [0.2, 0.25) is 10.0 Å². The molecule has 0 spiro atoms. The number of rotatable bonds is 5. The van der Waals surface area contributed by atoms with Crippen LogP contribution >= 0.6 is 23.7 Å². The Kier molecular flexibility index (Phi) is 8.17. The number of thiophene rings is 1. The number of carbonyl (C=O) groups is 2. The number of nitrogens with two attached hydrogens (primary N) is 1. The van der Waals surface area contributed by atoms with Crippen molar-refractivity contribution in [3.8, 4) is 0 Å². The number of halogens is 1. The van der Waals surface area contributed by atoms with E-state index in [1.165, 1.54) is 39.9 Å². The van der Waals surface area contributed by atoms with Crippen molar-refractivity contribution in [3.05, 3.63) is 45.8 Å². The molecule has 1 aromatic heterocycles. The van der Waals surface area contributed by atoms with E-state index in [-0.39, 0.29) is 17.3 Å². The van der Waals surface area contributed by atoms with Crippen LogP contribution in [0.2, 0.25) is 0 Å². The fourth-order valence-electron chi connectivity index (χ4n) is 4.26. The second kappa shape index (κ2) is 10.5. The lowest BCUT2D eigenvalue weighted by Crippen LogP contribution is -2.31. The predicted octanol–water partition coefficient (Wildman–Crippen LogP) is 3.07. The fraction of sp³-hybridized carbons (Fsp3) is 0.455. The van der Waals surface area contributed by atoms with Crippen LogP contribution in [-0.2, 0) is 23.0 Å². The molecule has 2 amide bonds. The van der Waals surface area contributed by atoms with E-state index in [4.69, 9.17) is 5.73 Å². The normalized spacial score (nSPS) is 17.5. The van der Waals surface area contributed by atoms with Crippen molar-refractivity contribution in [3.63, 3.8) is 0 Å². The summed E-state index contributed by atoms with van der Waals surface area (Å²) in [6.45, 7) is 2.58. The Balaban J connectivity index is 0.00000306. The monoisotopic (exact) mass is 512 g/mol. The molecule has 0 unspecified atom stereocenters. The van der Waals surface area contributed by atoms with Gasteiger partial charge in [-0.1, -0.05) is 12.8 Å². The van der Waals surface area contributed by atoms with Gasteiger partial charge in [-0.15, -0.1) is 23.7 Å². The van der Waals surface area contributed by atoms with Gasteiger partial charge in [-0.05, 0) is 56.1 Å². The topological polar surface area (TPSA) is 113 Å². The summed E-state index contributed by atoms with van der Waals surface area (Å²) in [5, 5.41) is 3.26. The van der Waals surface area contributed by atoms with Gasteiger partial charge < -0.3 is 16.0 Å². The second-order valence-corrected chi connectivity index (χ2v) is 11.4. The molecule has 0 radical (unpaired) electrons. The third-order valence-corrected chi connectivity index (χ3v) is 9.09. The Bertz CT molecular complexity index is 1120. The second-order valence-electron chi connectivity index (χ2n) is 8.36. The molecule has 0 aliphatic carbocycles. The minimum Gasteiger partial charge on any atom is -0.365 e. The molecule has 11 heteroatoms. The van der Waals surface area contributed by atoms with Gasteiger partial charge in [-0.2, -0.15) is 4.31 Å². The summed E-state index contributed by atoms with van der Waals surface area (Å²) < 4.78 is 27.4. The number of amides is 2. The highest BCUT2D eigenvalue weighted by molar-refractivity contribution is 7.89. The van der Waals surface area contributed by atoms with E-state index in [0.29, 0.717) is 42.2 Å². The smallest absolute Gasteiger partial charge is 0.256 e. The van der Waals surface area contributed by atoms with Gasteiger partial charge in [0.25, 0.3) is 11.8 Å². The zero-order valence-corrected chi connectivity index (χ0v) is 21.0. The van der Waals surface area contributed by atoms with Crippen molar-refractivity contribution < 1.29 is 18.0 Å². The molecule has 8 nitrogen and oxygen atoms in total. The van der Waals surface area contributed by atoms with E-state index in [0.717, 1.165) is 42.7 Å². The van der Waals surface area contributed by atoms with Crippen LogP contribution in [0, 0.1) is 0 Å². The largest absolute Gasteiger partial charge is 0.365 e. The molecule has 2 aliphatic heterocycles. The molecule has 180 valence electrons. The molecule has 1 fully saturated rings. The van der Waals surface area contributed by atoms with E-state index >= 15 is 0 Å². The number of carbonyl (C=O) groups excluding carboxylic acids is 2. The first-order valence-corrected chi connectivity index (χ1v) is 13.1. The molecular formula is C22H29ClN4O4S2. The lowest BCUT2D eigenvalue weighted by Gasteiger charge is -2.22. The number of primary amides is 1. The summed E-state index contributed by atoms with van der Waals surface area (Å²) in [4.78, 5) is 28.3. The first-order chi connectivity index (χ1) is 15.3. The molecule has 33 heavy (non-hydrogen) atoms. The summed E-state index contributed by atoms with van der Waals surface area (Å²) in [5.74, 6) is -0.959. The number of benzene rings is 1. The molecule has 2 aliphatic rings. The highest BCUT2D eigenvalue weighted by Gasteiger charge is 2.28. The van der Waals surface area contributed by atoms with Gasteiger partial charge in [0.1, 0.15) is 5.00 Å². The van der Waals surface area contributed by atoms with E-state index < -0.39 is 21.8 Å². The van der Waals surface area contributed by atoms with Gasteiger partial charge in [-0.25, -0.2) is 8.42 Å². The lowest BCUT2D eigenvalue weighted by molar-refractivity contribution is 0.1000. The maximum absolute atomic E-state index is 12.9. The van der Waals surface area contributed by atoms with Gasteiger partial charge in [0, 0.05) is 36.6 Å². The van der Waals surface area contributed by atoms with Crippen LogP contribution in [0.25, 0.3) is 0 Å². The average molecular weight is 513 g/mol. The number of anilines is 1. The van der Waals surface area contributed by atoms with Crippen LogP contribution in [0.15, 0.2) is 29.2 Å². The molecular weight excluding hydrogens is 484 g/mol. The lowest BCUT2D eigenvalue weighted by atomic mass is 10.0. The summed E-state index contributed by atoms with van der Waals surface area (Å²) in [5.41, 5.74) is 7.22. The summed E-state index contributed by atoms with van der Waals surface area (Å²) in [6.07, 6.45) is 4.52. The number of sulfonamides is 1. The summed E-state index contributed by atoms with van der Waals surface area (Å²) in [7, 11) is -1.57. The van der Waals surface area contributed by atoms with Crippen LogP contribution in [0.3, 0.4) is 0 Å². The van der Waals surface area contributed by atoms with Gasteiger partial charge in [0.15, 0.2) is 0 Å². The average Bonchev–Trinajstić information content (AvgIpc) is 2.91. The Hall–Kier alpha value is -1.98. The number of fused-ring (bicyclic) bond motifs is 1. The maximum Gasteiger partial charge on any atom is 0.256 e. The minimum absolute atomic E-state index is 0. The van der Waals surface area contributed by atoms with Crippen LogP contribution in [-0.4, -0.2) is 56.1 Å². The fourth-order valence-corrected chi connectivity index (χ4v) is 7.11. The Morgan fingerprint density at radius 1 is 1.03 bits per heavy atom. The number of hydrogen-bond donors (Lipinski definition) is 2. The molecule has 1 saturated heterocycles. The Morgan fingerprint density at radius 3 is 2.27 bits per heavy atom. The van der Waals surface area contributed by atoms with Crippen molar-refractivity contribution in [2.24, 2.45) is 5.73 Å². The molecule has 0 bridgehead atoms. The molecule has 2 aromatic rings. The first-order valence-electron chi connectivity index (χ1n) is 10.8. The van der Waals surface area contributed by atoms with Crippen LogP contribution in [0.5, 0.6) is 0 Å². The third kappa shape index (κ3) is 5.41. The molecule has 1 aromatic carbocycles. The predicted molar refractivity (Wildman–Crippen MR) is 132 cm³/mol. The zero-order chi connectivity index (χ0) is 22.9. The Labute approximate surface area is 204 Å². The first kappa shape index (κ1) is 25.6. The zero-order valence-electron chi connectivity index (χ0n) is 18.5. The standard InChI is InChI=1S/C22H28N4O4S2.ClH/c1-25-13-10-17-18(14-25)31-22(19(17)20(23)27)24-21(28)15-6-8-16(9-7-15)32(29,30)26-11-4-2-3-5-12-26;/h6-9H,2-5,10-14H2,1H3,(H2,23,27)(H,24,28);1H. The van der Waals surface area contributed by atoms with Crippen LogP contribution in [0.1, 0.15) is 56.8 Å². The van der Waals surface area contributed by atoms with Crippen molar-refractivity contribution in [1.82, 2.24) is 9.21 Å². The van der Waals surface area contributed by atoms with E-state index in [1.54, 1.807) is 0 Å². The maximum atomic E-state index is 12.9. The quantitative estimate of drug-likeness (QED) is 0.639. The molecule has 3 N–H and O–H groups in total. The van der Waals surface area contributed by atoms with E-state index in [9.17, 15) is 18.0 Å². The summed E-state index contributed by atoms with van der Waals surface area (Å²) in [6, 6.07) is 5.95. The van der Waals surface area contributed by atoms with Gasteiger partial charge in [-0.3, -0.25) is 9.59 Å². The van der Waals surface area contributed by atoms with Crippen LogP contribution < -0.4 is 11.1 Å². The van der Waals surface area contributed by atoms with Crippen molar-refractivity contribution in [1.29, 1.82) is 0 Å². The van der Waals surface area contributed by atoms with E-state index in [1.807, 2.05) is 7.05 Å². The van der Waals surface area contributed by atoms with Crippen molar-refractivity contribution in [2.45, 2.75) is 43.5 Å². The minimum atomic E-state index is -3.57. The van der Waals surface area contributed by atoms with E-state index in [2.05, 4.69) is 10.2 Å². The summed E-state index contributed by atoms with van der Waals surface area (Å²) >= 11 is 1.37. The van der Waals surface area contributed by atoms with Gasteiger partial charge in [0.05, 0.1) is 10.5 Å². The number of hydrogen-bond acceptors (Lipinski definition) is 6. The number of likely N-dealkylation sites (N-methyl/N-ethyl adjacent to an activating group) is 1. The molecule has 4 rings (SSSR count). The third-order valence-electron chi connectivity index (χ3n) is 6.04. The molecule has 0 atom stereocenters. The number of nitrogens with one attached hydrogen (secondary N) is 1. The highest BCUT2D eigenvalue weighted by atomic mass is 35.5. The van der Waals surface area contributed by atoms with Crippen molar-refractivity contribution in [2.75, 3.05) is 32.0 Å². The SMILES string of the molecule is CN1CCc2c(sc(NC(=O)c3ccc(S(=O)(=O)N4CCCCCC4)cc3)c2C(N)=O)C1.Cl.